The molecule has 1 aromatic heterocycles. The summed E-state index contributed by atoms with van der Waals surface area (Å²) in [5.74, 6) is 0.647. The summed E-state index contributed by atoms with van der Waals surface area (Å²) in [6.07, 6.45) is 0. The van der Waals surface area contributed by atoms with E-state index in [-0.39, 0.29) is 5.78 Å². The molecule has 3 heteroatoms. The second kappa shape index (κ2) is 4.49. The number of ether oxygens (including phenoxy) is 1. The minimum absolute atomic E-state index is 0.0237. The van der Waals surface area contributed by atoms with Crippen LogP contribution in [0.5, 0.6) is 5.75 Å². The number of carbonyl (C=O) groups excluding carboxylic acids is 1. The quantitative estimate of drug-likeness (QED) is 0.759. The Balaban J connectivity index is 2.41. The number of carbonyl (C=O) groups is 1. The molecule has 2 nitrogen and oxygen atoms in total. The highest BCUT2D eigenvalue weighted by Gasteiger charge is 2.14. The van der Waals surface area contributed by atoms with Gasteiger partial charge in [-0.2, -0.15) is 0 Å². The van der Waals surface area contributed by atoms with Crippen molar-refractivity contribution in [3.63, 3.8) is 0 Å². The highest BCUT2D eigenvalue weighted by molar-refractivity contribution is 7.14. The molecule has 0 fully saturated rings. The zero-order chi connectivity index (χ0) is 11.5. The summed E-state index contributed by atoms with van der Waals surface area (Å²) in [6, 6.07) is 11.1. The first-order chi connectivity index (χ1) is 7.72. The molecule has 0 saturated carbocycles. The zero-order valence-corrected chi connectivity index (χ0v) is 10.0. The van der Waals surface area contributed by atoms with Gasteiger partial charge in [-0.05, 0) is 31.2 Å². The molecule has 0 aliphatic carbocycles. The van der Waals surface area contributed by atoms with Crippen molar-refractivity contribution in [2.24, 2.45) is 0 Å². The molecule has 0 radical (unpaired) electrons. The van der Waals surface area contributed by atoms with Gasteiger partial charge in [-0.15, -0.1) is 11.3 Å². The summed E-state index contributed by atoms with van der Waals surface area (Å²) in [4.78, 5) is 14.1. The molecule has 0 amide bonds. The molecule has 16 heavy (non-hydrogen) atoms. The smallest absolute Gasteiger partial charge is 0.206 e. The van der Waals surface area contributed by atoms with Gasteiger partial charge in [0.05, 0.1) is 17.6 Å². The molecular formula is C13H12O2S. The van der Waals surface area contributed by atoms with E-state index in [2.05, 4.69) is 0 Å². The second-order valence-electron chi connectivity index (χ2n) is 3.44. The highest BCUT2D eigenvalue weighted by Crippen LogP contribution is 2.24. The van der Waals surface area contributed by atoms with Gasteiger partial charge in [0.25, 0.3) is 0 Å². The van der Waals surface area contributed by atoms with E-state index in [9.17, 15) is 4.79 Å². The van der Waals surface area contributed by atoms with Crippen molar-refractivity contribution >= 4 is 17.1 Å². The maximum Gasteiger partial charge on any atom is 0.206 e. The van der Waals surface area contributed by atoms with Crippen molar-refractivity contribution in [3.05, 3.63) is 51.7 Å². The highest BCUT2D eigenvalue weighted by atomic mass is 32.1. The predicted octanol–water partition coefficient (Wildman–Crippen LogP) is 3.30. The fourth-order valence-electron chi connectivity index (χ4n) is 1.52. The van der Waals surface area contributed by atoms with Crippen molar-refractivity contribution < 1.29 is 9.53 Å². The third kappa shape index (κ3) is 1.99. The van der Waals surface area contributed by atoms with E-state index in [1.165, 1.54) is 11.3 Å². The van der Waals surface area contributed by atoms with E-state index < -0.39 is 0 Å². The van der Waals surface area contributed by atoms with Gasteiger partial charge < -0.3 is 4.74 Å². The van der Waals surface area contributed by atoms with Crippen LogP contribution in [0.15, 0.2) is 36.4 Å². The molecule has 0 saturated heterocycles. The average molecular weight is 232 g/mol. The first-order valence-electron chi connectivity index (χ1n) is 4.96. The lowest BCUT2D eigenvalue weighted by Gasteiger charge is -2.05. The first-order valence-corrected chi connectivity index (χ1v) is 5.78. The van der Waals surface area contributed by atoms with Crippen LogP contribution in [0.4, 0.5) is 0 Å². The van der Waals surface area contributed by atoms with Crippen LogP contribution in [0, 0.1) is 6.92 Å². The fraction of sp³-hybridized carbons (Fsp3) is 0.154. The Labute approximate surface area is 98.5 Å². The number of rotatable bonds is 3. The summed E-state index contributed by atoms with van der Waals surface area (Å²) in [6.45, 7) is 1.99. The second-order valence-corrected chi connectivity index (χ2v) is 4.73. The van der Waals surface area contributed by atoms with Crippen LogP contribution in [0.1, 0.15) is 20.1 Å². The topological polar surface area (TPSA) is 26.3 Å². The van der Waals surface area contributed by atoms with E-state index in [0.717, 1.165) is 9.75 Å². The van der Waals surface area contributed by atoms with Crippen LogP contribution < -0.4 is 4.74 Å². The van der Waals surface area contributed by atoms with E-state index in [4.69, 9.17) is 4.74 Å². The van der Waals surface area contributed by atoms with Gasteiger partial charge in [0.15, 0.2) is 0 Å². The Morgan fingerprint density at radius 2 is 1.94 bits per heavy atom. The van der Waals surface area contributed by atoms with Gasteiger partial charge in [0.2, 0.25) is 5.78 Å². The Morgan fingerprint density at radius 3 is 2.56 bits per heavy atom. The molecule has 0 bridgehead atoms. The molecule has 0 N–H and O–H groups in total. The monoisotopic (exact) mass is 232 g/mol. The Morgan fingerprint density at radius 1 is 1.19 bits per heavy atom. The summed E-state index contributed by atoms with van der Waals surface area (Å²) < 4.78 is 5.18. The minimum atomic E-state index is 0.0237. The molecule has 0 unspecified atom stereocenters. The van der Waals surface area contributed by atoms with Crippen LogP contribution in [-0.2, 0) is 0 Å². The number of benzene rings is 1. The fourth-order valence-corrected chi connectivity index (χ4v) is 2.34. The summed E-state index contributed by atoms with van der Waals surface area (Å²) in [5, 5.41) is 0. The van der Waals surface area contributed by atoms with Crippen LogP contribution in [0.3, 0.4) is 0 Å². The zero-order valence-electron chi connectivity index (χ0n) is 9.19. The minimum Gasteiger partial charge on any atom is -0.496 e. The molecule has 1 heterocycles. The summed E-state index contributed by atoms with van der Waals surface area (Å²) >= 11 is 1.50. The Bertz CT molecular complexity index is 514. The molecule has 0 atom stereocenters. The molecule has 2 rings (SSSR count). The summed E-state index contributed by atoms with van der Waals surface area (Å²) in [7, 11) is 1.58. The molecule has 0 aliphatic heterocycles. The van der Waals surface area contributed by atoms with Crippen molar-refractivity contribution in [3.8, 4) is 5.75 Å². The predicted molar refractivity (Wildman–Crippen MR) is 65.5 cm³/mol. The number of methoxy groups -OCH3 is 1. The average Bonchev–Trinajstić information content (AvgIpc) is 2.75. The van der Waals surface area contributed by atoms with Crippen LogP contribution in [0.25, 0.3) is 0 Å². The number of hydrogen-bond acceptors (Lipinski definition) is 3. The lowest BCUT2D eigenvalue weighted by Crippen LogP contribution is -2.01. The molecule has 1 aromatic carbocycles. The molecule has 0 spiro atoms. The lowest BCUT2D eigenvalue weighted by molar-refractivity contribution is 0.103. The van der Waals surface area contributed by atoms with E-state index in [1.807, 2.05) is 31.2 Å². The molecular weight excluding hydrogens is 220 g/mol. The number of aryl methyl sites for hydroxylation is 1. The van der Waals surface area contributed by atoms with Gasteiger partial charge >= 0.3 is 0 Å². The van der Waals surface area contributed by atoms with Crippen molar-refractivity contribution in [2.45, 2.75) is 6.92 Å². The van der Waals surface area contributed by atoms with Crippen molar-refractivity contribution in [2.75, 3.05) is 7.11 Å². The van der Waals surface area contributed by atoms with Gasteiger partial charge in [0.1, 0.15) is 5.75 Å². The normalized spacial score (nSPS) is 10.1. The van der Waals surface area contributed by atoms with Gasteiger partial charge in [-0.1, -0.05) is 12.1 Å². The van der Waals surface area contributed by atoms with Gasteiger partial charge in [0, 0.05) is 4.88 Å². The van der Waals surface area contributed by atoms with Crippen LogP contribution >= 0.6 is 11.3 Å². The van der Waals surface area contributed by atoms with E-state index in [1.54, 1.807) is 19.2 Å². The maximum atomic E-state index is 12.2. The SMILES string of the molecule is COc1ccccc1C(=O)c1ccc(C)s1. The van der Waals surface area contributed by atoms with Gasteiger partial charge in [-0.3, -0.25) is 4.79 Å². The van der Waals surface area contributed by atoms with Crippen LogP contribution in [-0.4, -0.2) is 12.9 Å². The van der Waals surface area contributed by atoms with Gasteiger partial charge in [-0.25, -0.2) is 0 Å². The third-order valence-electron chi connectivity index (χ3n) is 2.32. The molecule has 2 aromatic rings. The first kappa shape index (κ1) is 10.9. The summed E-state index contributed by atoms with van der Waals surface area (Å²) in [5.41, 5.74) is 0.617. The standard InChI is InChI=1S/C13H12O2S/c1-9-7-8-12(16-9)13(14)10-5-3-4-6-11(10)15-2/h3-8H,1-2H3. The molecule has 82 valence electrons. The van der Waals surface area contributed by atoms with Crippen molar-refractivity contribution in [1.82, 2.24) is 0 Å². The number of hydrogen-bond donors (Lipinski definition) is 0. The molecule has 0 aliphatic rings. The Kier molecular flexibility index (Phi) is 3.06. The van der Waals surface area contributed by atoms with Crippen LogP contribution in [0.2, 0.25) is 0 Å². The lowest BCUT2D eigenvalue weighted by atomic mass is 10.1. The third-order valence-corrected chi connectivity index (χ3v) is 3.32. The van der Waals surface area contributed by atoms with E-state index >= 15 is 0 Å². The largest absolute Gasteiger partial charge is 0.496 e. The van der Waals surface area contributed by atoms with Crippen molar-refractivity contribution in [1.29, 1.82) is 0 Å². The number of ketones is 1. The number of thiophene rings is 1. The Hall–Kier alpha value is -1.61. The maximum absolute atomic E-state index is 12.2. The number of para-hydroxylation sites is 1. The van der Waals surface area contributed by atoms with E-state index in [0.29, 0.717) is 11.3 Å².